The van der Waals surface area contributed by atoms with Crippen LogP contribution in [0.4, 0.5) is 5.13 Å². The number of ketones is 1. The summed E-state index contributed by atoms with van der Waals surface area (Å²) in [6, 6.07) is 3.67. The number of nitrogens with one attached hydrogen (secondary N) is 1. The molecule has 2 aromatic heterocycles. The summed E-state index contributed by atoms with van der Waals surface area (Å²) in [5.41, 5.74) is 0.611. The Morgan fingerprint density at radius 2 is 1.78 bits per heavy atom. The van der Waals surface area contributed by atoms with Gasteiger partial charge in [-0.25, -0.2) is 4.98 Å². The molecule has 0 radical (unpaired) electrons. The van der Waals surface area contributed by atoms with Crippen molar-refractivity contribution in [3.05, 3.63) is 33.0 Å². The normalized spacial score (nSPS) is 21.1. The van der Waals surface area contributed by atoms with Gasteiger partial charge in [0.2, 0.25) is 11.8 Å². The van der Waals surface area contributed by atoms with Crippen molar-refractivity contribution in [1.82, 2.24) is 14.8 Å². The zero-order valence-electron chi connectivity index (χ0n) is 17.5. The van der Waals surface area contributed by atoms with Crippen molar-refractivity contribution in [2.75, 3.05) is 31.5 Å². The summed E-state index contributed by atoms with van der Waals surface area (Å²) >= 11 is 2.63. The van der Waals surface area contributed by atoms with E-state index >= 15 is 0 Å². The molecule has 3 amide bonds. The largest absolute Gasteiger partial charge is 0.339 e. The second-order valence-corrected chi connectivity index (χ2v) is 10.5. The van der Waals surface area contributed by atoms with Crippen LogP contribution in [0.2, 0.25) is 0 Å². The molecule has 0 spiro atoms. The van der Waals surface area contributed by atoms with Gasteiger partial charge in [-0.15, -0.1) is 11.3 Å². The van der Waals surface area contributed by atoms with Crippen molar-refractivity contribution in [2.45, 2.75) is 32.1 Å². The third-order valence-electron chi connectivity index (χ3n) is 6.49. The van der Waals surface area contributed by atoms with Crippen LogP contribution in [0.3, 0.4) is 0 Å². The van der Waals surface area contributed by atoms with Crippen LogP contribution in [0.1, 0.15) is 50.7 Å². The molecule has 1 atom stereocenters. The number of hydrogen-bond donors (Lipinski definition) is 1. The number of thiophene rings is 1. The van der Waals surface area contributed by atoms with Gasteiger partial charge in [-0.1, -0.05) is 23.8 Å². The molecule has 2 aromatic rings. The summed E-state index contributed by atoms with van der Waals surface area (Å²) in [4.78, 5) is 59.8. The summed E-state index contributed by atoms with van der Waals surface area (Å²) < 4.78 is 0. The maximum Gasteiger partial charge on any atom is 0.264 e. The molecule has 2 aliphatic carbocycles. The van der Waals surface area contributed by atoms with E-state index in [1.54, 1.807) is 9.80 Å². The van der Waals surface area contributed by atoms with Crippen LogP contribution >= 0.6 is 22.7 Å². The zero-order chi connectivity index (χ0) is 22.2. The van der Waals surface area contributed by atoms with E-state index < -0.39 is 5.92 Å². The van der Waals surface area contributed by atoms with E-state index in [0.717, 1.165) is 19.3 Å². The van der Waals surface area contributed by atoms with E-state index in [1.807, 2.05) is 17.5 Å². The van der Waals surface area contributed by atoms with Gasteiger partial charge in [-0.3, -0.25) is 19.2 Å². The van der Waals surface area contributed by atoms with Gasteiger partial charge in [-0.2, -0.15) is 0 Å². The number of aromatic nitrogens is 1. The first kappa shape index (κ1) is 21.3. The Morgan fingerprint density at radius 3 is 2.44 bits per heavy atom. The van der Waals surface area contributed by atoms with Crippen LogP contribution in [0.15, 0.2) is 17.5 Å². The van der Waals surface area contributed by atoms with Gasteiger partial charge in [0.1, 0.15) is 0 Å². The molecule has 10 heteroatoms. The molecule has 5 rings (SSSR count). The maximum absolute atomic E-state index is 13.1. The number of carbonyl (C=O) groups is 4. The molecule has 3 heterocycles. The van der Waals surface area contributed by atoms with E-state index in [0.29, 0.717) is 53.2 Å². The van der Waals surface area contributed by atoms with Crippen molar-refractivity contribution in [3.8, 4) is 0 Å². The Morgan fingerprint density at radius 1 is 1.03 bits per heavy atom. The summed E-state index contributed by atoms with van der Waals surface area (Å²) in [6.45, 7) is 1.91. The predicted octanol–water partition coefficient (Wildman–Crippen LogP) is 2.67. The number of nitrogens with zero attached hydrogens (tertiary/aromatic N) is 3. The molecular formula is C22H24N4O4S2. The molecule has 8 nitrogen and oxygen atoms in total. The standard InChI is InChI=1S/C22H24N4O4S2/c27-16-12-14(11-15-18(16)32-22(23-15)24-19(28)13-3-1-4-13)20(29)25-6-8-26(9-7-25)21(30)17-5-2-10-31-17/h2,5,10,13-14H,1,3-4,6-9,11-12H2,(H,23,24,28)/t14-/m0/s1. The fourth-order valence-electron chi connectivity index (χ4n) is 4.38. The van der Waals surface area contributed by atoms with Crippen molar-refractivity contribution in [2.24, 2.45) is 11.8 Å². The lowest BCUT2D eigenvalue weighted by Crippen LogP contribution is -2.52. The van der Waals surface area contributed by atoms with Crippen LogP contribution in [-0.2, 0) is 16.0 Å². The zero-order valence-corrected chi connectivity index (χ0v) is 19.2. The number of anilines is 1. The van der Waals surface area contributed by atoms with Crippen molar-refractivity contribution >= 4 is 51.3 Å². The lowest BCUT2D eigenvalue weighted by atomic mass is 9.85. The van der Waals surface area contributed by atoms with E-state index in [4.69, 9.17) is 0 Å². The van der Waals surface area contributed by atoms with Crippen molar-refractivity contribution in [3.63, 3.8) is 0 Å². The number of hydrogen-bond acceptors (Lipinski definition) is 7. The molecule has 3 aliphatic rings. The second kappa shape index (κ2) is 8.74. The summed E-state index contributed by atoms with van der Waals surface area (Å²) in [5, 5.41) is 5.17. The van der Waals surface area contributed by atoms with Gasteiger partial charge in [-0.05, 0) is 24.3 Å². The number of piperazine rings is 1. The molecule has 0 unspecified atom stereocenters. The number of fused-ring (bicyclic) bond motifs is 1. The number of Topliss-reactive ketones (excluding diaryl/α,β-unsaturated/α-hetero) is 1. The Kier molecular flexibility index (Phi) is 5.81. The highest BCUT2D eigenvalue weighted by Gasteiger charge is 2.37. The van der Waals surface area contributed by atoms with Gasteiger partial charge in [0.15, 0.2) is 10.9 Å². The highest BCUT2D eigenvalue weighted by molar-refractivity contribution is 7.17. The average molecular weight is 473 g/mol. The molecular weight excluding hydrogens is 448 g/mol. The molecule has 2 fully saturated rings. The fraction of sp³-hybridized carbons (Fsp3) is 0.500. The van der Waals surface area contributed by atoms with Crippen LogP contribution in [-0.4, -0.2) is 64.5 Å². The molecule has 32 heavy (non-hydrogen) atoms. The molecule has 168 valence electrons. The molecule has 1 saturated heterocycles. The van der Waals surface area contributed by atoms with E-state index in [2.05, 4.69) is 10.3 Å². The summed E-state index contributed by atoms with van der Waals surface area (Å²) in [5.74, 6) is -0.558. The number of rotatable bonds is 4. The monoisotopic (exact) mass is 472 g/mol. The van der Waals surface area contributed by atoms with Crippen LogP contribution < -0.4 is 5.32 Å². The average Bonchev–Trinajstić information content (AvgIpc) is 3.41. The first-order chi connectivity index (χ1) is 15.5. The van der Waals surface area contributed by atoms with Gasteiger partial charge in [0.25, 0.3) is 5.91 Å². The third-order valence-corrected chi connectivity index (χ3v) is 8.40. The predicted molar refractivity (Wildman–Crippen MR) is 121 cm³/mol. The SMILES string of the molecule is O=C1C[C@@H](C(=O)N2CCN(C(=O)c3cccs3)CC2)Cc2nc(NC(=O)C3CCC3)sc21. The second-order valence-electron chi connectivity index (χ2n) is 8.54. The number of amides is 3. The van der Waals surface area contributed by atoms with Crippen molar-refractivity contribution in [1.29, 1.82) is 0 Å². The summed E-state index contributed by atoms with van der Waals surface area (Å²) in [6.07, 6.45) is 3.45. The Bertz CT molecular complexity index is 1050. The van der Waals surface area contributed by atoms with Gasteiger partial charge in [0.05, 0.1) is 21.4 Å². The third kappa shape index (κ3) is 4.09. The van der Waals surface area contributed by atoms with Crippen molar-refractivity contribution < 1.29 is 19.2 Å². The summed E-state index contributed by atoms with van der Waals surface area (Å²) in [7, 11) is 0. The van der Waals surface area contributed by atoms with E-state index in [-0.39, 0.29) is 35.8 Å². The van der Waals surface area contributed by atoms with Crippen LogP contribution in [0, 0.1) is 11.8 Å². The minimum atomic E-state index is -0.438. The molecule has 0 bridgehead atoms. The highest BCUT2D eigenvalue weighted by atomic mass is 32.1. The highest BCUT2D eigenvalue weighted by Crippen LogP contribution is 2.34. The molecule has 1 saturated carbocycles. The van der Waals surface area contributed by atoms with Gasteiger partial charge in [0, 0.05) is 44.9 Å². The van der Waals surface area contributed by atoms with Crippen LogP contribution in [0.5, 0.6) is 0 Å². The quantitative estimate of drug-likeness (QED) is 0.738. The van der Waals surface area contributed by atoms with Gasteiger partial charge < -0.3 is 15.1 Å². The Balaban J connectivity index is 1.19. The minimum absolute atomic E-state index is 0.00327. The molecule has 1 aliphatic heterocycles. The first-order valence-electron chi connectivity index (χ1n) is 10.9. The lowest BCUT2D eigenvalue weighted by molar-refractivity contribution is -0.137. The number of thiazole rings is 1. The topological polar surface area (TPSA) is 99.7 Å². The van der Waals surface area contributed by atoms with E-state index in [1.165, 1.54) is 22.7 Å². The smallest absolute Gasteiger partial charge is 0.264 e. The van der Waals surface area contributed by atoms with Crippen LogP contribution in [0.25, 0.3) is 0 Å². The maximum atomic E-state index is 13.1. The van der Waals surface area contributed by atoms with Gasteiger partial charge >= 0.3 is 0 Å². The number of carbonyl (C=O) groups excluding carboxylic acids is 4. The molecule has 0 aromatic carbocycles. The lowest BCUT2D eigenvalue weighted by Gasteiger charge is -2.36. The fourth-order valence-corrected chi connectivity index (χ4v) is 6.02. The Labute approximate surface area is 193 Å². The molecule has 1 N–H and O–H groups in total. The van der Waals surface area contributed by atoms with E-state index in [9.17, 15) is 19.2 Å². The minimum Gasteiger partial charge on any atom is -0.339 e. The first-order valence-corrected chi connectivity index (χ1v) is 12.6. The Hall–Kier alpha value is -2.59.